The van der Waals surface area contributed by atoms with Crippen LogP contribution >= 0.6 is 35.3 Å². The average molecular weight is 592 g/mol. The van der Waals surface area contributed by atoms with Crippen molar-refractivity contribution >= 4 is 75.7 Å². The minimum Gasteiger partial charge on any atom is -0.477 e. The monoisotopic (exact) mass is 591 g/mol. The summed E-state index contributed by atoms with van der Waals surface area (Å²) >= 11 is 2.90. The summed E-state index contributed by atoms with van der Waals surface area (Å²) in [7, 11) is 0.567. The van der Waals surface area contributed by atoms with Gasteiger partial charge in [-0.2, -0.15) is 0 Å². The van der Waals surface area contributed by atoms with Crippen molar-refractivity contribution < 1.29 is 43.1 Å². The van der Waals surface area contributed by atoms with Crippen molar-refractivity contribution in [1.82, 2.24) is 30.4 Å². The second-order valence-electron chi connectivity index (χ2n) is 7.48. The molecule has 2 saturated heterocycles. The number of nitrogens with one attached hydrogen (secondary N) is 1. The Morgan fingerprint density at radius 2 is 2.05 bits per heavy atom. The Hall–Kier alpha value is -2.94. The first kappa shape index (κ1) is 27.1. The van der Waals surface area contributed by atoms with Crippen molar-refractivity contribution in [2.24, 2.45) is 12.8 Å². The molecule has 4 heterocycles. The first-order chi connectivity index (χ1) is 17.4. The van der Waals surface area contributed by atoms with E-state index < -0.39 is 61.7 Å². The molecule has 2 fully saturated rings. The number of aliphatic carboxylic acids is 2. The predicted molar refractivity (Wildman–Crippen MR) is 129 cm³/mol. The quantitative estimate of drug-likeness (QED) is 0.0585. The van der Waals surface area contributed by atoms with Gasteiger partial charge in [-0.3, -0.25) is 23.5 Å². The van der Waals surface area contributed by atoms with Gasteiger partial charge in [0.05, 0.1) is 15.0 Å². The largest absolute Gasteiger partial charge is 0.477 e. The van der Waals surface area contributed by atoms with E-state index in [-0.39, 0.29) is 21.4 Å². The number of primary amides is 1. The van der Waals surface area contributed by atoms with E-state index in [1.807, 2.05) is 0 Å². The minimum atomic E-state index is -2.21. The van der Waals surface area contributed by atoms with E-state index in [4.69, 9.17) is 15.6 Å². The number of carboxylic acid groups (broad SMARTS) is 2. The Labute approximate surface area is 222 Å². The van der Waals surface area contributed by atoms with Crippen molar-refractivity contribution in [2.75, 3.05) is 18.6 Å². The maximum atomic E-state index is 13.2. The standard InChI is InChI=1S/C17H17N7O9S4/c1-23-16(20-21-22-23)35-4-5-3-34-15-17(33-2,14(31)24(15)7(5)11(29)30)19-9(26)13-36-12(37(13)32)6(8(18)25)10(27)28/h13,15H,3-4H2,1-2H3,(H2,18,25)(H,19,26)(H,27,28)(H,29,30)/t13?,15-,17+,37?/m1/s1. The number of carbonyl (C=O) groups excluding carboxylic acids is 3. The molecule has 5 N–H and O–H groups in total. The molecular weight excluding hydrogens is 574 g/mol. The van der Waals surface area contributed by atoms with Crippen LogP contribution in [0.15, 0.2) is 26.2 Å². The number of β-lactam (4-membered cyclic amide) rings is 1. The van der Waals surface area contributed by atoms with Crippen LogP contribution in [0.2, 0.25) is 0 Å². The second-order valence-corrected chi connectivity index (χ2v) is 12.6. The summed E-state index contributed by atoms with van der Waals surface area (Å²) in [6.07, 6.45) is 0. The van der Waals surface area contributed by atoms with Gasteiger partial charge in [0, 0.05) is 25.7 Å². The van der Waals surface area contributed by atoms with Crippen molar-refractivity contribution in [3.63, 3.8) is 0 Å². The molecule has 0 radical (unpaired) electrons. The summed E-state index contributed by atoms with van der Waals surface area (Å²) in [4.78, 5) is 61.7. The summed E-state index contributed by atoms with van der Waals surface area (Å²) in [5, 5.41) is 31.9. The number of nitrogens with two attached hydrogens (primary N) is 1. The lowest BCUT2D eigenvalue weighted by Crippen LogP contribution is -2.81. The number of hydrogen-bond acceptors (Lipinski definition) is 13. The summed E-state index contributed by atoms with van der Waals surface area (Å²) in [5.74, 6) is -5.74. The number of hydrogen-bond donors (Lipinski definition) is 4. The van der Waals surface area contributed by atoms with Gasteiger partial charge in [0.1, 0.15) is 16.6 Å². The van der Waals surface area contributed by atoms with Crippen LogP contribution < -0.4 is 11.1 Å². The molecule has 3 amide bonds. The molecular formula is C17H17N7O9S4. The van der Waals surface area contributed by atoms with Gasteiger partial charge < -0.3 is 26.0 Å². The lowest BCUT2D eigenvalue weighted by Gasteiger charge is -2.56. The fourth-order valence-electron chi connectivity index (χ4n) is 3.64. The third kappa shape index (κ3) is 4.41. The molecule has 3 aliphatic rings. The van der Waals surface area contributed by atoms with Crippen LogP contribution in [0.4, 0.5) is 0 Å². The molecule has 0 spiro atoms. The molecule has 0 saturated carbocycles. The number of methoxy groups -OCH3 is 1. The molecule has 37 heavy (non-hydrogen) atoms. The van der Waals surface area contributed by atoms with Crippen molar-refractivity contribution in [3.05, 3.63) is 21.1 Å². The Bertz CT molecular complexity index is 1310. The molecule has 1 aromatic rings. The normalized spacial score (nSPS) is 28.1. The fourth-order valence-corrected chi connectivity index (χ4v) is 8.77. The molecule has 1 aromatic heterocycles. The number of aromatic nitrogens is 4. The topological polar surface area (TPSA) is 237 Å². The number of ether oxygens (including phenoxy) is 1. The molecule has 2 unspecified atom stereocenters. The third-order valence-electron chi connectivity index (χ3n) is 5.37. The Balaban J connectivity index is 1.52. The number of carboxylic acids is 2. The third-order valence-corrected chi connectivity index (χ3v) is 11.5. The number of amides is 3. The van der Waals surface area contributed by atoms with Gasteiger partial charge in [-0.05, 0) is 16.0 Å². The van der Waals surface area contributed by atoms with E-state index in [1.165, 1.54) is 16.4 Å². The Kier molecular flexibility index (Phi) is 7.38. The molecule has 4 rings (SSSR count). The van der Waals surface area contributed by atoms with E-state index in [0.717, 1.165) is 23.8 Å². The zero-order valence-electron chi connectivity index (χ0n) is 18.8. The number of thioether (sulfide) groups is 3. The Morgan fingerprint density at radius 3 is 2.57 bits per heavy atom. The number of aryl methyl sites for hydroxylation is 1. The maximum absolute atomic E-state index is 13.2. The summed E-state index contributed by atoms with van der Waals surface area (Å²) in [5.41, 5.74) is 2.37. The van der Waals surface area contributed by atoms with Crippen LogP contribution in [0, 0.1) is 0 Å². The van der Waals surface area contributed by atoms with Gasteiger partial charge in [-0.15, -0.1) is 16.9 Å². The van der Waals surface area contributed by atoms with Crippen LogP contribution in [0.1, 0.15) is 0 Å². The van der Waals surface area contributed by atoms with Gasteiger partial charge in [0.15, 0.2) is 4.58 Å². The van der Waals surface area contributed by atoms with E-state index in [1.54, 1.807) is 7.05 Å². The van der Waals surface area contributed by atoms with Gasteiger partial charge in [0.2, 0.25) is 11.1 Å². The van der Waals surface area contributed by atoms with Crippen LogP contribution in [0.25, 0.3) is 0 Å². The fraction of sp³-hybridized carbons (Fsp3) is 0.412. The van der Waals surface area contributed by atoms with Crippen LogP contribution in [-0.4, -0.2) is 103 Å². The maximum Gasteiger partial charge on any atom is 0.352 e. The highest BCUT2D eigenvalue weighted by Gasteiger charge is 2.67. The van der Waals surface area contributed by atoms with Gasteiger partial charge in [0.25, 0.3) is 17.5 Å². The second kappa shape index (κ2) is 10.1. The van der Waals surface area contributed by atoms with Crippen molar-refractivity contribution in [3.8, 4) is 0 Å². The first-order valence-electron chi connectivity index (χ1n) is 9.92. The van der Waals surface area contributed by atoms with E-state index in [9.17, 15) is 33.3 Å². The zero-order valence-corrected chi connectivity index (χ0v) is 22.0. The number of carbonyl (C=O) groups is 5. The summed E-state index contributed by atoms with van der Waals surface area (Å²) in [6.45, 7) is 0. The SMILES string of the molecule is CO[C@@]1(NC(=O)C2SC(=C(C(N)=O)C(=O)O)S2=O)C(=O)N2C(C(=O)O)=C(CSc3nnnn3C)CS[C@@H]21. The molecule has 198 valence electrons. The van der Waals surface area contributed by atoms with Gasteiger partial charge in [-0.1, -0.05) is 23.5 Å². The number of rotatable bonds is 9. The average Bonchev–Trinajstić information content (AvgIpc) is 3.25. The lowest BCUT2D eigenvalue weighted by molar-refractivity contribution is -0.192. The molecule has 0 bridgehead atoms. The predicted octanol–water partition coefficient (Wildman–Crippen LogP) is -2.38. The van der Waals surface area contributed by atoms with Crippen LogP contribution in [0.5, 0.6) is 0 Å². The molecule has 16 nitrogen and oxygen atoms in total. The van der Waals surface area contributed by atoms with Crippen LogP contribution in [0.3, 0.4) is 0 Å². The van der Waals surface area contributed by atoms with Gasteiger partial charge >= 0.3 is 11.9 Å². The van der Waals surface area contributed by atoms with Gasteiger partial charge in [-0.25, -0.2) is 14.3 Å². The zero-order chi connectivity index (χ0) is 27.2. The first-order valence-corrected chi connectivity index (χ1v) is 14.0. The highest BCUT2D eigenvalue weighted by molar-refractivity contribution is 8.33. The minimum absolute atomic E-state index is 0.185. The van der Waals surface area contributed by atoms with E-state index >= 15 is 0 Å². The molecule has 3 aliphatic heterocycles. The molecule has 0 aliphatic carbocycles. The number of tetrazole rings is 1. The van der Waals surface area contributed by atoms with Crippen molar-refractivity contribution in [2.45, 2.75) is 20.8 Å². The Morgan fingerprint density at radius 1 is 1.35 bits per heavy atom. The summed E-state index contributed by atoms with van der Waals surface area (Å²) in [6, 6.07) is 0. The van der Waals surface area contributed by atoms with Crippen LogP contribution in [-0.2, 0) is 46.6 Å². The lowest BCUT2D eigenvalue weighted by atomic mass is 9.98. The van der Waals surface area contributed by atoms with E-state index in [2.05, 4.69) is 20.8 Å². The number of fused-ring (bicyclic) bond motifs is 1. The number of nitrogens with zero attached hydrogens (tertiary/aromatic N) is 5. The highest BCUT2D eigenvalue weighted by atomic mass is 32.3. The molecule has 0 aromatic carbocycles. The smallest absolute Gasteiger partial charge is 0.352 e. The van der Waals surface area contributed by atoms with Crippen molar-refractivity contribution in [1.29, 1.82) is 0 Å². The molecule has 20 heteroatoms. The van der Waals surface area contributed by atoms with E-state index in [0.29, 0.717) is 22.5 Å². The summed E-state index contributed by atoms with van der Waals surface area (Å²) < 4.78 is 17.6. The molecule has 4 atom stereocenters. The highest BCUT2D eigenvalue weighted by Crippen LogP contribution is 2.49.